The van der Waals surface area contributed by atoms with Crippen LogP contribution in [0.15, 0.2) is 24.3 Å². The third-order valence-corrected chi connectivity index (χ3v) is 3.70. The lowest BCUT2D eigenvalue weighted by atomic mass is 10.1. The van der Waals surface area contributed by atoms with Gasteiger partial charge >= 0.3 is 0 Å². The molecule has 0 heterocycles. The van der Waals surface area contributed by atoms with E-state index >= 15 is 0 Å². The summed E-state index contributed by atoms with van der Waals surface area (Å²) >= 11 is 1.88. The molecule has 0 aromatic heterocycles. The molecule has 0 radical (unpaired) electrons. The van der Waals surface area contributed by atoms with E-state index in [-0.39, 0.29) is 17.7 Å². The van der Waals surface area contributed by atoms with Crippen molar-refractivity contribution in [3.05, 3.63) is 61.0 Å². The summed E-state index contributed by atoms with van der Waals surface area (Å²) in [7, 11) is 0. The van der Waals surface area contributed by atoms with Crippen LogP contribution in [0.5, 0.6) is 0 Å². The van der Waals surface area contributed by atoms with Crippen LogP contribution in [0.2, 0.25) is 0 Å². The van der Waals surface area contributed by atoms with E-state index in [0.29, 0.717) is 3.57 Å². The molecule has 1 N–H and O–H groups in total. The maximum Gasteiger partial charge on any atom is 0.299 e. The zero-order valence-electron chi connectivity index (χ0n) is 11.3. The van der Waals surface area contributed by atoms with Crippen molar-refractivity contribution in [1.82, 2.24) is 0 Å². The Bertz CT molecular complexity index is 753. The van der Waals surface area contributed by atoms with Crippen LogP contribution in [-0.2, 0) is 6.42 Å². The Labute approximate surface area is 137 Å². The van der Waals surface area contributed by atoms with E-state index in [2.05, 4.69) is 5.32 Å². The molecule has 0 saturated carbocycles. The fourth-order valence-electron chi connectivity index (χ4n) is 1.99. The van der Waals surface area contributed by atoms with Crippen LogP contribution in [0.3, 0.4) is 0 Å². The van der Waals surface area contributed by atoms with Crippen molar-refractivity contribution in [3.8, 4) is 0 Å². The number of rotatable bonds is 4. The Morgan fingerprint density at radius 2 is 1.91 bits per heavy atom. The first kappa shape index (κ1) is 16.5. The summed E-state index contributed by atoms with van der Waals surface area (Å²) in [5.74, 6) is -3.36. The van der Waals surface area contributed by atoms with Crippen LogP contribution in [0.1, 0.15) is 12.5 Å². The molecular formula is C14H10F3IN2O2. The van der Waals surface area contributed by atoms with Gasteiger partial charge in [0.05, 0.1) is 10.6 Å². The zero-order chi connectivity index (χ0) is 16.4. The van der Waals surface area contributed by atoms with Gasteiger partial charge in [0.25, 0.3) is 5.69 Å². The second kappa shape index (κ2) is 6.51. The van der Waals surface area contributed by atoms with Crippen LogP contribution in [-0.4, -0.2) is 4.92 Å². The number of halogens is 4. The third-order valence-electron chi connectivity index (χ3n) is 3.03. The molecule has 8 heteroatoms. The monoisotopic (exact) mass is 422 g/mol. The number of hydrogen-bond acceptors (Lipinski definition) is 3. The summed E-state index contributed by atoms with van der Waals surface area (Å²) in [4.78, 5) is 10.4. The molecule has 0 aliphatic carbocycles. The summed E-state index contributed by atoms with van der Waals surface area (Å²) in [6.45, 7) is 1.58. The molecule has 0 aliphatic rings. The number of anilines is 2. The standard InChI is InChI=1S/C14H10F3IN2O2/c1-2-7-5-10(16)12(17)13(14(7)20(21)22)19-11-4-3-8(18)6-9(11)15/h3-6,19H,2H2,1H3. The van der Waals surface area contributed by atoms with Gasteiger partial charge in [0.2, 0.25) is 0 Å². The molecule has 0 atom stereocenters. The van der Waals surface area contributed by atoms with E-state index in [1.54, 1.807) is 6.92 Å². The molecule has 0 amide bonds. The van der Waals surface area contributed by atoms with Gasteiger partial charge in [-0.25, -0.2) is 13.2 Å². The average Bonchev–Trinajstić information content (AvgIpc) is 2.45. The minimum atomic E-state index is -1.41. The second-order valence-electron chi connectivity index (χ2n) is 4.41. The number of nitro benzene ring substituents is 1. The van der Waals surface area contributed by atoms with Crippen molar-refractivity contribution in [3.63, 3.8) is 0 Å². The van der Waals surface area contributed by atoms with Crippen molar-refractivity contribution in [2.45, 2.75) is 13.3 Å². The predicted octanol–water partition coefficient (Wildman–Crippen LogP) is 4.92. The van der Waals surface area contributed by atoms with Crippen molar-refractivity contribution in [2.75, 3.05) is 5.32 Å². The quantitative estimate of drug-likeness (QED) is 0.432. The summed E-state index contributed by atoms with van der Waals surface area (Å²) in [5, 5.41) is 13.5. The van der Waals surface area contributed by atoms with Gasteiger partial charge in [-0.3, -0.25) is 10.1 Å². The molecule has 0 unspecified atom stereocenters. The molecule has 0 saturated heterocycles. The largest absolute Gasteiger partial charge is 0.345 e. The van der Waals surface area contributed by atoms with E-state index in [4.69, 9.17) is 0 Å². The smallest absolute Gasteiger partial charge is 0.299 e. The van der Waals surface area contributed by atoms with Gasteiger partial charge in [-0.05, 0) is 53.3 Å². The number of benzene rings is 2. The van der Waals surface area contributed by atoms with Crippen LogP contribution in [0, 0.1) is 31.1 Å². The lowest BCUT2D eigenvalue weighted by Crippen LogP contribution is -2.06. The Morgan fingerprint density at radius 3 is 2.45 bits per heavy atom. The van der Waals surface area contributed by atoms with Crippen molar-refractivity contribution < 1.29 is 18.1 Å². The Morgan fingerprint density at radius 1 is 1.23 bits per heavy atom. The molecule has 0 fully saturated rings. The highest BCUT2D eigenvalue weighted by Crippen LogP contribution is 2.36. The van der Waals surface area contributed by atoms with E-state index < -0.39 is 33.7 Å². The van der Waals surface area contributed by atoms with Gasteiger partial charge in [0, 0.05) is 9.13 Å². The average molecular weight is 422 g/mol. The highest BCUT2D eigenvalue weighted by molar-refractivity contribution is 14.1. The summed E-state index contributed by atoms with van der Waals surface area (Å²) in [6.07, 6.45) is 0.136. The molecule has 2 rings (SSSR count). The molecule has 116 valence electrons. The summed E-state index contributed by atoms with van der Waals surface area (Å²) in [6, 6.07) is 4.79. The van der Waals surface area contributed by atoms with Gasteiger partial charge in [0.15, 0.2) is 17.3 Å². The molecule has 0 spiro atoms. The number of hydrogen-bond donors (Lipinski definition) is 1. The molecule has 0 aliphatic heterocycles. The maximum absolute atomic E-state index is 14.0. The SMILES string of the molecule is CCc1cc(F)c(F)c(Nc2ccc(I)cc2F)c1[N+](=O)[O-]. The molecule has 0 bridgehead atoms. The third kappa shape index (κ3) is 3.16. The van der Waals surface area contributed by atoms with Gasteiger partial charge in [-0.1, -0.05) is 6.92 Å². The second-order valence-corrected chi connectivity index (χ2v) is 5.66. The lowest BCUT2D eigenvalue weighted by Gasteiger charge is -2.12. The minimum Gasteiger partial charge on any atom is -0.345 e. The minimum absolute atomic E-state index is 0.0253. The lowest BCUT2D eigenvalue weighted by molar-refractivity contribution is -0.384. The highest BCUT2D eigenvalue weighted by atomic mass is 127. The molecule has 4 nitrogen and oxygen atoms in total. The van der Waals surface area contributed by atoms with Gasteiger partial charge in [0.1, 0.15) is 5.82 Å². The first-order chi connectivity index (χ1) is 10.3. The molecule has 22 heavy (non-hydrogen) atoms. The summed E-state index contributed by atoms with van der Waals surface area (Å²) < 4.78 is 42.0. The van der Waals surface area contributed by atoms with Crippen molar-refractivity contribution >= 4 is 39.7 Å². The van der Waals surface area contributed by atoms with Crippen LogP contribution in [0.4, 0.5) is 30.2 Å². The van der Waals surface area contributed by atoms with Crippen LogP contribution >= 0.6 is 22.6 Å². The normalized spacial score (nSPS) is 10.6. The molecule has 2 aromatic carbocycles. The molecular weight excluding hydrogens is 412 g/mol. The maximum atomic E-state index is 14.0. The highest BCUT2D eigenvalue weighted by Gasteiger charge is 2.27. The number of nitro groups is 1. The number of nitrogens with zero attached hydrogens (tertiary/aromatic N) is 1. The fraction of sp³-hybridized carbons (Fsp3) is 0.143. The van der Waals surface area contributed by atoms with E-state index in [1.807, 2.05) is 22.6 Å². The van der Waals surface area contributed by atoms with Crippen LogP contribution < -0.4 is 5.32 Å². The van der Waals surface area contributed by atoms with Crippen LogP contribution in [0.25, 0.3) is 0 Å². The Balaban J connectivity index is 2.62. The predicted molar refractivity (Wildman–Crippen MR) is 84.8 cm³/mol. The first-order valence-electron chi connectivity index (χ1n) is 6.22. The summed E-state index contributed by atoms with van der Waals surface area (Å²) in [5.41, 5.74) is -1.42. The van der Waals surface area contributed by atoms with E-state index in [1.165, 1.54) is 18.2 Å². The molecule has 2 aromatic rings. The number of nitrogens with one attached hydrogen (secondary N) is 1. The van der Waals surface area contributed by atoms with E-state index in [9.17, 15) is 23.3 Å². The van der Waals surface area contributed by atoms with Crippen molar-refractivity contribution in [2.24, 2.45) is 0 Å². The fourth-order valence-corrected chi connectivity index (χ4v) is 2.44. The van der Waals surface area contributed by atoms with Crippen molar-refractivity contribution in [1.29, 1.82) is 0 Å². The Kier molecular flexibility index (Phi) is 4.89. The zero-order valence-corrected chi connectivity index (χ0v) is 13.4. The van der Waals surface area contributed by atoms with Gasteiger partial charge < -0.3 is 5.32 Å². The van der Waals surface area contributed by atoms with Gasteiger partial charge in [-0.2, -0.15) is 0 Å². The first-order valence-corrected chi connectivity index (χ1v) is 7.30. The number of aryl methyl sites for hydroxylation is 1. The van der Waals surface area contributed by atoms with Gasteiger partial charge in [-0.15, -0.1) is 0 Å². The van der Waals surface area contributed by atoms with E-state index in [0.717, 1.165) is 6.07 Å². The topological polar surface area (TPSA) is 55.2 Å². The Hall–Kier alpha value is -1.84.